The van der Waals surface area contributed by atoms with E-state index in [9.17, 15) is 18.8 Å². The first-order valence-corrected chi connectivity index (χ1v) is 14.7. The van der Waals surface area contributed by atoms with Crippen LogP contribution in [0.15, 0.2) is 48.8 Å². The van der Waals surface area contributed by atoms with E-state index in [2.05, 4.69) is 20.6 Å². The van der Waals surface area contributed by atoms with Crippen LogP contribution in [0.4, 0.5) is 21.6 Å². The molecule has 2 unspecified atom stereocenters. The van der Waals surface area contributed by atoms with Gasteiger partial charge in [0.05, 0.1) is 37.1 Å². The van der Waals surface area contributed by atoms with Crippen molar-refractivity contribution in [2.75, 3.05) is 38.0 Å². The Morgan fingerprint density at radius 3 is 2.43 bits per heavy atom. The molecule has 2 fully saturated rings. The van der Waals surface area contributed by atoms with Crippen LogP contribution < -0.4 is 15.4 Å². The minimum absolute atomic E-state index is 0.0377. The third kappa shape index (κ3) is 7.43. The van der Waals surface area contributed by atoms with Gasteiger partial charge in [0.2, 0.25) is 5.91 Å². The molecule has 2 atom stereocenters. The molecule has 11 nitrogen and oxygen atoms in total. The largest absolute Gasteiger partial charge is 0.491 e. The second kappa shape index (κ2) is 14.0. The van der Waals surface area contributed by atoms with E-state index >= 15 is 0 Å². The molecule has 1 aliphatic heterocycles. The van der Waals surface area contributed by atoms with Gasteiger partial charge < -0.3 is 24.8 Å². The van der Waals surface area contributed by atoms with Gasteiger partial charge in [-0.1, -0.05) is 17.7 Å². The van der Waals surface area contributed by atoms with Gasteiger partial charge in [0.25, 0.3) is 0 Å². The number of piperidine rings is 1. The Balaban J connectivity index is 1.38. The molecule has 1 saturated heterocycles. The minimum Gasteiger partial charge on any atom is -0.491 e. The van der Waals surface area contributed by atoms with Crippen molar-refractivity contribution in [3.05, 3.63) is 59.7 Å². The van der Waals surface area contributed by atoms with E-state index < -0.39 is 35.7 Å². The van der Waals surface area contributed by atoms with Crippen LogP contribution in [0.1, 0.15) is 32.1 Å². The van der Waals surface area contributed by atoms with Crippen LogP contribution in [-0.2, 0) is 23.9 Å². The number of ether oxygens (including phenoxy) is 3. The fraction of sp³-hybridized carbons (Fsp3) is 0.387. The van der Waals surface area contributed by atoms with E-state index in [-0.39, 0.29) is 11.6 Å². The molecule has 1 aromatic heterocycles. The average Bonchev–Trinajstić information content (AvgIpc) is 3.86. The summed E-state index contributed by atoms with van der Waals surface area (Å²) in [5.74, 6) is -0.534. The van der Waals surface area contributed by atoms with Crippen LogP contribution in [0.2, 0.25) is 5.02 Å². The molecule has 232 valence electrons. The number of hydrogen-bond donors (Lipinski definition) is 2. The summed E-state index contributed by atoms with van der Waals surface area (Å²) >= 11 is 5.95. The zero-order chi connectivity index (χ0) is 31.2. The topological polar surface area (TPSA) is 132 Å². The smallest absolute Gasteiger partial charge is 0.323 e. The van der Waals surface area contributed by atoms with Gasteiger partial charge in [-0.05, 0) is 62.3 Å². The third-order valence-electron chi connectivity index (χ3n) is 7.64. The second-order valence-electron chi connectivity index (χ2n) is 10.7. The monoisotopic (exact) mass is 625 g/mol. The summed E-state index contributed by atoms with van der Waals surface area (Å²) in [6.07, 6.45) is 8.23. The minimum atomic E-state index is -0.629. The van der Waals surface area contributed by atoms with Crippen LogP contribution in [0.25, 0.3) is 10.9 Å². The lowest BCUT2D eigenvalue weighted by Gasteiger charge is -2.38. The van der Waals surface area contributed by atoms with Gasteiger partial charge in [-0.15, -0.1) is 0 Å². The highest BCUT2D eigenvalue weighted by Gasteiger charge is 2.39. The highest BCUT2D eigenvalue weighted by molar-refractivity contribution is 6.31. The van der Waals surface area contributed by atoms with Crippen LogP contribution in [0.3, 0.4) is 0 Å². The maximum atomic E-state index is 13.7. The van der Waals surface area contributed by atoms with Gasteiger partial charge in [0, 0.05) is 29.8 Å². The highest BCUT2D eigenvalue weighted by Crippen LogP contribution is 2.36. The molecule has 2 aromatic carbocycles. The number of nitrogens with zero attached hydrogens (tertiary/aromatic N) is 3. The molecule has 1 aliphatic carbocycles. The van der Waals surface area contributed by atoms with Crippen LogP contribution in [0, 0.1) is 11.7 Å². The van der Waals surface area contributed by atoms with Crippen molar-refractivity contribution in [1.82, 2.24) is 14.9 Å². The summed E-state index contributed by atoms with van der Waals surface area (Å²) in [4.78, 5) is 48.4. The van der Waals surface area contributed by atoms with Crippen molar-refractivity contribution < 1.29 is 33.0 Å². The van der Waals surface area contributed by atoms with E-state index in [1.54, 1.807) is 23.1 Å². The first kappa shape index (κ1) is 31.1. The van der Waals surface area contributed by atoms with Crippen molar-refractivity contribution in [2.24, 2.45) is 5.92 Å². The summed E-state index contributed by atoms with van der Waals surface area (Å²) in [7, 11) is 2.61. The third-order valence-corrected chi connectivity index (χ3v) is 7.93. The number of esters is 2. The van der Waals surface area contributed by atoms with Crippen molar-refractivity contribution in [3.8, 4) is 5.75 Å². The zero-order valence-electron chi connectivity index (χ0n) is 24.3. The summed E-state index contributed by atoms with van der Waals surface area (Å²) in [5.41, 5.74) is 1.50. The quantitative estimate of drug-likeness (QED) is 0.221. The number of methoxy groups -OCH3 is 2. The van der Waals surface area contributed by atoms with Gasteiger partial charge in [-0.25, -0.2) is 14.4 Å². The lowest BCUT2D eigenvalue weighted by atomic mass is 9.95. The van der Waals surface area contributed by atoms with Gasteiger partial charge in [0.1, 0.15) is 35.8 Å². The summed E-state index contributed by atoms with van der Waals surface area (Å²) in [6.45, 7) is 0.658. The molecule has 3 aromatic rings. The van der Waals surface area contributed by atoms with Gasteiger partial charge in [-0.2, -0.15) is 0 Å². The van der Waals surface area contributed by atoms with Crippen LogP contribution in [0.5, 0.6) is 5.75 Å². The first-order chi connectivity index (χ1) is 21.3. The number of aromatic nitrogens is 2. The predicted octanol–water partition coefficient (Wildman–Crippen LogP) is 5.02. The fourth-order valence-electron chi connectivity index (χ4n) is 5.15. The number of amides is 1. The van der Waals surface area contributed by atoms with E-state index in [1.165, 1.54) is 44.8 Å². The lowest BCUT2D eigenvalue weighted by molar-refractivity contribution is -0.157. The standard InChI is InChI=1S/C31H33ClFN5O6/c1-42-30(40)25-5-3-6-26(31(41)43-2)38(25)12-4-7-28(39)37-24-14-20-23(15-27(24)44-16-18-8-9-18)34-17-35-29(20)36-19-10-11-22(33)21(32)13-19/h4,7,10-11,13-15,17-18,25-26H,3,5-6,8-9,12,16H2,1-2H3,(H,37,39)(H,34,35,36). The molecule has 1 amide bonds. The average molecular weight is 626 g/mol. The molecular weight excluding hydrogens is 593 g/mol. The summed E-state index contributed by atoms with van der Waals surface area (Å²) in [6, 6.07) is 6.42. The van der Waals surface area contributed by atoms with E-state index in [0.29, 0.717) is 65.6 Å². The summed E-state index contributed by atoms with van der Waals surface area (Å²) in [5, 5.41) is 6.55. The molecular formula is C31H33ClFN5O6. The first-order valence-electron chi connectivity index (χ1n) is 14.3. The number of carbonyl (C=O) groups is 3. The van der Waals surface area contributed by atoms with Crippen molar-refractivity contribution in [1.29, 1.82) is 0 Å². The Kier molecular flexibility index (Phi) is 9.91. The van der Waals surface area contributed by atoms with Crippen LogP contribution >= 0.6 is 11.6 Å². The molecule has 0 spiro atoms. The Labute approximate surface area is 258 Å². The molecule has 2 heterocycles. The molecule has 5 rings (SSSR count). The van der Waals surface area contributed by atoms with Gasteiger partial charge >= 0.3 is 11.9 Å². The SMILES string of the molecule is COC(=O)C1CCCC(C(=O)OC)N1CC=CC(=O)Nc1cc2c(Nc3ccc(F)c(Cl)c3)ncnc2cc1OCC1CC1. The number of fused-ring (bicyclic) bond motifs is 1. The number of rotatable bonds is 11. The Hall–Kier alpha value is -4.29. The fourth-order valence-corrected chi connectivity index (χ4v) is 5.33. The Bertz CT molecular complexity index is 1560. The van der Waals surface area contributed by atoms with Crippen molar-refractivity contribution in [2.45, 2.75) is 44.2 Å². The normalized spacial score (nSPS) is 18.6. The molecule has 1 saturated carbocycles. The molecule has 2 aliphatic rings. The van der Waals surface area contributed by atoms with E-state index in [1.807, 2.05) is 0 Å². The molecule has 13 heteroatoms. The van der Waals surface area contributed by atoms with Crippen molar-refractivity contribution >= 4 is 57.5 Å². The number of carbonyl (C=O) groups excluding carboxylic acids is 3. The lowest BCUT2D eigenvalue weighted by Crippen LogP contribution is -2.54. The van der Waals surface area contributed by atoms with Gasteiger partial charge in [0.15, 0.2) is 0 Å². The number of nitrogens with one attached hydrogen (secondary N) is 2. The molecule has 44 heavy (non-hydrogen) atoms. The molecule has 2 N–H and O–H groups in total. The number of likely N-dealkylation sites (tertiary alicyclic amines) is 1. The van der Waals surface area contributed by atoms with Crippen LogP contribution in [-0.4, -0.2) is 72.2 Å². The second-order valence-corrected chi connectivity index (χ2v) is 11.1. The maximum absolute atomic E-state index is 13.7. The number of halogens is 2. The zero-order valence-corrected chi connectivity index (χ0v) is 25.1. The highest BCUT2D eigenvalue weighted by atomic mass is 35.5. The number of anilines is 3. The van der Waals surface area contributed by atoms with E-state index in [0.717, 1.165) is 12.8 Å². The number of hydrogen-bond acceptors (Lipinski definition) is 10. The molecule has 0 bridgehead atoms. The van der Waals surface area contributed by atoms with E-state index in [4.69, 9.17) is 25.8 Å². The van der Waals surface area contributed by atoms with Gasteiger partial charge in [-0.3, -0.25) is 19.3 Å². The molecule has 0 radical (unpaired) electrons. The van der Waals surface area contributed by atoms with Crippen molar-refractivity contribution in [3.63, 3.8) is 0 Å². The predicted molar refractivity (Wildman–Crippen MR) is 162 cm³/mol. The summed E-state index contributed by atoms with van der Waals surface area (Å²) < 4.78 is 29.7. The Morgan fingerprint density at radius 1 is 1.05 bits per heavy atom. The Morgan fingerprint density at radius 2 is 1.77 bits per heavy atom. The maximum Gasteiger partial charge on any atom is 0.323 e. The number of benzene rings is 2.